The van der Waals surface area contributed by atoms with Crippen LogP contribution < -0.4 is 9.80 Å². The maximum absolute atomic E-state index is 13.6. The average molecular weight is 533 g/mol. The molecule has 0 bridgehead atoms. The fourth-order valence-corrected chi connectivity index (χ4v) is 6.19. The van der Waals surface area contributed by atoms with Crippen LogP contribution in [0.25, 0.3) is 6.08 Å². The fraction of sp³-hybridized carbons (Fsp3) is 0.267. The zero-order valence-corrected chi connectivity index (χ0v) is 22.5. The first kappa shape index (κ1) is 25.6. The molecule has 3 aromatic rings. The number of halogens is 1. The van der Waals surface area contributed by atoms with Gasteiger partial charge >= 0.3 is 0 Å². The van der Waals surface area contributed by atoms with Crippen LogP contribution in [-0.2, 0) is 11.3 Å². The third kappa shape index (κ3) is 5.93. The summed E-state index contributed by atoms with van der Waals surface area (Å²) in [6.07, 6.45) is 3.08. The standard InChI is InChI=1S/C30H30ClN3O2S/c1-2-14-32-15-17-33(18-16-32)29(35)24-12-10-22(11-13-24)20-28-30(36)34(21-23-6-5-7-25(31)19-23)26-8-3-4-9-27(26)37-28/h3-13,19-20H,2,14-18,21H2,1H3/p+1. The number of para-hydroxylation sites is 1. The first-order valence-corrected chi connectivity index (χ1v) is 14.0. The number of amides is 2. The summed E-state index contributed by atoms with van der Waals surface area (Å²) < 4.78 is 0. The predicted octanol–water partition coefficient (Wildman–Crippen LogP) is 4.77. The molecule has 0 aromatic heterocycles. The van der Waals surface area contributed by atoms with Crippen molar-refractivity contribution in [2.75, 3.05) is 37.6 Å². The summed E-state index contributed by atoms with van der Waals surface area (Å²) in [5.41, 5.74) is 3.46. The van der Waals surface area contributed by atoms with E-state index in [1.807, 2.05) is 83.8 Å². The molecular formula is C30H31ClN3O2S+. The number of nitrogens with one attached hydrogen (secondary N) is 1. The second-order valence-corrected chi connectivity index (χ2v) is 11.0. The van der Waals surface area contributed by atoms with Crippen molar-refractivity contribution in [1.82, 2.24) is 4.90 Å². The van der Waals surface area contributed by atoms with Gasteiger partial charge in [0, 0.05) is 15.5 Å². The Bertz CT molecular complexity index is 1320. The molecule has 1 N–H and O–H groups in total. The first-order chi connectivity index (χ1) is 18.0. The highest BCUT2D eigenvalue weighted by atomic mass is 35.5. The van der Waals surface area contributed by atoms with E-state index in [-0.39, 0.29) is 11.8 Å². The van der Waals surface area contributed by atoms with Gasteiger partial charge in [0.15, 0.2) is 0 Å². The largest absolute Gasteiger partial charge is 0.332 e. The molecule has 0 radical (unpaired) electrons. The number of rotatable bonds is 6. The van der Waals surface area contributed by atoms with Gasteiger partial charge in [0.05, 0.1) is 49.9 Å². The van der Waals surface area contributed by atoms with E-state index in [1.54, 1.807) is 9.80 Å². The summed E-state index contributed by atoms with van der Waals surface area (Å²) in [5.74, 6) is 0.0378. The Morgan fingerprint density at radius 2 is 1.78 bits per heavy atom. The minimum atomic E-state index is -0.0451. The van der Waals surface area contributed by atoms with Gasteiger partial charge in [0.2, 0.25) is 0 Å². The number of fused-ring (bicyclic) bond motifs is 1. The van der Waals surface area contributed by atoms with Crippen molar-refractivity contribution in [2.45, 2.75) is 24.8 Å². The molecule has 0 aliphatic carbocycles. The summed E-state index contributed by atoms with van der Waals surface area (Å²) in [6.45, 7) is 7.43. The Morgan fingerprint density at radius 3 is 2.51 bits per heavy atom. The van der Waals surface area contributed by atoms with Gasteiger partial charge in [-0.05, 0) is 60.0 Å². The van der Waals surface area contributed by atoms with Crippen molar-refractivity contribution in [3.05, 3.63) is 99.4 Å². The Labute approximate surface area is 227 Å². The monoisotopic (exact) mass is 532 g/mol. The molecule has 0 atom stereocenters. The number of thioether (sulfide) groups is 1. The van der Waals surface area contributed by atoms with Gasteiger partial charge in [-0.25, -0.2) is 0 Å². The van der Waals surface area contributed by atoms with Gasteiger partial charge in [-0.2, -0.15) is 0 Å². The van der Waals surface area contributed by atoms with E-state index in [0.717, 1.165) is 47.9 Å². The lowest BCUT2D eigenvalue weighted by Gasteiger charge is -2.32. The molecule has 2 amide bonds. The van der Waals surface area contributed by atoms with Crippen molar-refractivity contribution in [3.63, 3.8) is 0 Å². The van der Waals surface area contributed by atoms with E-state index in [9.17, 15) is 9.59 Å². The van der Waals surface area contributed by atoms with Crippen molar-refractivity contribution in [3.8, 4) is 0 Å². The van der Waals surface area contributed by atoms with Crippen molar-refractivity contribution in [1.29, 1.82) is 0 Å². The summed E-state index contributed by atoms with van der Waals surface area (Å²) in [4.78, 5) is 33.6. The Balaban J connectivity index is 1.33. The lowest BCUT2D eigenvalue weighted by molar-refractivity contribution is -0.904. The van der Waals surface area contributed by atoms with Gasteiger partial charge < -0.3 is 14.7 Å². The van der Waals surface area contributed by atoms with Crippen LogP contribution in [0, 0.1) is 0 Å². The number of hydrogen-bond acceptors (Lipinski definition) is 3. The van der Waals surface area contributed by atoms with Gasteiger partial charge in [0.1, 0.15) is 0 Å². The normalized spacial score (nSPS) is 17.2. The van der Waals surface area contributed by atoms with Crippen molar-refractivity contribution >= 4 is 46.9 Å². The molecule has 5 rings (SSSR count). The Morgan fingerprint density at radius 1 is 1.03 bits per heavy atom. The maximum atomic E-state index is 13.6. The molecule has 0 saturated carbocycles. The molecule has 0 unspecified atom stereocenters. The molecule has 37 heavy (non-hydrogen) atoms. The van der Waals surface area contributed by atoms with Gasteiger partial charge in [-0.1, -0.05) is 66.7 Å². The fourth-order valence-electron chi connectivity index (χ4n) is 4.92. The van der Waals surface area contributed by atoms with Crippen LogP contribution in [-0.4, -0.2) is 49.4 Å². The minimum Gasteiger partial charge on any atom is -0.332 e. The van der Waals surface area contributed by atoms with Crippen LogP contribution in [0.4, 0.5) is 5.69 Å². The molecule has 3 aromatic carbocycles. The van der Waals surface area contributed by atoms with E-state index in [4.69, 9.17) is 11.6 Å². The second kappa shape index (κ2) is 11.5. The van der Waals surface area contributed by atoms with E-state index in [2.05, 4.69) is 6.92 Å². The first-order valence-electron chi connectivity index (χ1n) is 12.8. The lowest BCUT2D eigenvalue weighted by Crippen LogP contribution is -3.14. The highest BCUT2D eigenvalue weighted by Gasteiger charge is 2.29. The van der Waals surface area contributed by atoms with Crippen LogP contribution in [0.15, 0.2) is 82.6 Å². The summed E-state index contributed by atoms with van der Waals surface area (Å²) in [6, 6.07) is 23.2. The van der Waals surface area contributed by atoms with Gasteiger partial charge in [-0.15, -0.1) is 0 Å². The number of piperazine rings is 1. The number of carbonyl (C=O) groups is 2. The maximum Gasteiger partial charge on any atom is 0.265 e. The van der Waals surface area contributed by atoms with Crippen LogP contribution in [0.2, 0.25) is 5.02 Å². The number of carbonyl (C=O) groups excluding carboxylic acids is 2. The second-order valence-electron chi connectivity index (χ2n) is 9.51. The average Bonchev–Trinajstić information content (AvgIpc) is 2.92. The van der Waals surface area contributed by atoms with Crippen LogP contribution in [0.1, 0.15) is 34.8 Å². The molecule has 2 heterocycles. The molecule has 5 nitrogen and oxygen atoms in total. The number of hydrogen-bond donors (Lipinski definition) is 1. The van der Waals surface area contributed by atoms with E-state index >= 15 is 0 Å². The van der Waals surface area contributed by atoms with Crippen molar-refractivity contribution in [2.24, 2.45) is 0 Å². The molecule has 0 spiro atoms. The number of nitrogens with zero attached hydrogens (tertiary/aromatic N) is 2. The Hall–Kier alpha value is -3.06. The van der Waals surface area contributed by atoms with Crippen LogP contribution in [0.3, 0.4) is 0 Å². The minimum absolute atomic E-state index is 0.0451. The number of benzene rings is 3. The number of quaternary nitrogens is 1. The molecule has 190 valence electrons. The third-order valence-electron chi connectivity index (χ3n) is 6.88. The summed E-state index contributed by atoms with van der Waals surface area (Å²) >= 11 is 7.67. The highest BCUT2D eigenvalue weighted by Crippen LogP contribution is 2.42. The SMILES string of the molecule is CCC[NH+]1CCN(C(=O)c2ccc(C=C3Sc4ccccc4N(Cc4cccc(Cl)c4)C3=O)cc2)CC1. The zero-order chi connectivity index (χ0) is 25.8. The zero-order valence-electron chi connectivity index (χ0n) is 21.0. The summed E-state index contributed by atoms with van der Waals surface area (Å²) in [7, 11) is 0. The van der Waals surface area contributed by atoms with Crippen molar-refractivity contribution < 1.29 is 14.5 Å². The molecule has 1 fully saturated rings. The van der Waals surface area contributed by atoms with E-state index in [0.29, 0.717) is 22.0 Å². The molecular weight excluding hydrogens is 502 g/mol. The Kier molecular flexibility index (Phi) is 7.99. The highest BCUT2D eigenvalue weighted by molar-refractivity contribution is 8.04. The predicted molar refractivity (Wildman–Crippen MR) is 151 cm³/mol. The third-order valence-corrected chi connectivity index (χ3v) is 8.19. The molecule has 7 heteroatoms. The molecule has 2 aliphatic heterocycles. The van der Waals surface area contributed by atoms with E-state index < -0.39 is 0 Å². The van der Waals surface area contributed by atoms with Crippen LogP contribution in [0.5, 0.6) is 0 Å². The molecule has 2 aliphatic rings. The lowest BCUT2D eigenvalue weighted by atomic mass is 10.1. The quantitative estimate of drug-likeness (QED) is 0.465. The number of anilines is 1. The summed E-state index contributed by atoms with van der Waals surface area (Å²) in [5, 5.41) is 0.652. The van der Waals surface area contributed by atoms with E-state index in [1.165, 1.54) is 24.7 Å². The molecule has 1 saturated heterocycles. The topological polar surface area (TPSA) is 45.1 Å². The van der Waals surface area contributed by atoms with Gasteiger partial charge in [0.25, 0.3) is 11.8 Å². The van der Waals surface area contributed by atoms with Crippen LogP contribution >= 0.6 is 23.4 Å². The van der Waals surface area contributed by atoms with Gasteiger partial charge in [-0.3, -0.25) is 9.59 Å². The smallest absolute Gasteiger partial charge is 0.265 e.